The molecule has 2 amide bonds. The minimum Gasteiger partial charge on any atom is -0.318 e. The van der Waals surface area contributed by atoms with Gasteiger partial charge in [0, 0.05) is 17.1 Å². The maximum atomic E-state index is 13.3. The smallest absolute Gasteiger partial charge is 0.293 e. The third-order valence-electron chi connectivity index (χ3n) is 4.97. The Labute approximate surface area is 176 Å². The monoisotopic (exact) mass is 424 g/mol. The van der Waals surface area contributed by atoms with E-state index in [0.717, 1.165) is 39.3 Å². The fourth-order valence-electron chi connectivity index (χ4n) is 3.47. The molecule has 1 aliphatic heterocycles. The van der Waals surface area contributed by atoms with Crippen molar-refractivity contribution >= 4 is 29.0 Å². The summed E-state index contributed by atoms with van der Waals surface area (Å²) in [4.78, 5) is 26.7. The van der Waals surface area contributed by atoms with Crippen LogP contribution in [0.25, 0.3) is 11.8 Å². The molecule has 4 rings (SSSR count). The highest BCUT2D eigenvalue weighted by Gasteiger charge is 2.35. The lowest BCUT2D eigenvalue weighted by molar-refractivity contribution is -0.123. The SMILES string of the molecule is Cc1cc(C=C2SC(=O)N(Cc3ccc(F)cc3)C2=O)c(C)n1-c1ccc(F)cc1. The van der Waals surface area contributed by atoms with Gasteiger partial charge in [0.25, 0.3) is 11.1 Å². The number of carbonyl (C=O) groups is 2. The summed E-state index contributed by atoms with van der Waals surface area (Å²) >= 11 is 0.886. The van der Waals surface area contributed by atoms with Gasteiger partial charge < -0.3 is 4.57 Å². The van der Waals surface area contributed by atoms with Crippen molar-refractivity contribution in [2.24, 2.45) is 0 Å². The van der Waals surface area contributed by atoms with E-state index < -0.39 is 0 Å². The Hall–Kier alpha value is -3.19. The maximum absolute atomic E-state index is 13.3. The van der Waals surface area contributed by atoms with Crippen molar-refractivity contribution in [1.82, 2.24) is 9.47 Å². The normalized spacial score (nSPS) is 15.5. The molecule has 0 atom stereocenters. The first-order chi connectivity index (χ1) is 14.3. The van der Waals surface area contributed by atoms with Gasteiger partial charge in [-0.1, -0.05) is 12.1 Å². The van der Waals surface area contributed by atoms with Crippen molar-refractivity contribution < 1.29 is 18.4 Å². The molecule has 3 aromatic rings. The molecule has 0 N–H and O–H groups in total. The number of aryl methyl sites for hydroxylation is 1. The molecule has 30 heavy (non-hydrogen) atoms. The van der Waals surface area contributed by atoms with E-state index in [-0.39, 0.29) is 29.3 Å². The Morgan fingerprint density at radius 3 is 2.17 bits per heavy atom. The predicted molar refractivity (Wildman–Crippen MR) is 113 cm³/mol. The molecule has 7 heteroatoms. The molecular formula is C23H18F2N2O2S. The molecule has 152 valence electrons. The van der Waals surface area contributed by atoms with Crippen LogP contribution in [0.5, 0.6) is 0 Å². The van der Waals surface area contributed by atoms with Crippen molar-refractivity contribution in [3.05, 3.63) is 93.7 Å². The number of hydrogen-bond acceptors (Lipinski definition) is 3. The van der Waals surface area contributed by atoms with Crippen LogP contribution in [0.15, 0.2) is 59.5 Å². The number of amides is 2. The first kappa shape index (κ1) is 20.1. The Kier molecular flexibility index (Phi) is 5.30. The molecule has 1 fully saturated rings. The van der Waals surface area contributed by atoms with Gasteiger partial charge in [-0.3, -0.25) is 14.5 Å². The van der Waals surface area contributed by atoms with Crippen molar-refractivity contribution in [3.63, 3.8) is 0 Å². The summed E-state index contributed by atoms with van der Waals surface area (Å²) in [6, 6.07) is 13.8. The van der Waals surface area contributed by atoms with Gasteiger partial charge >= 0.3 is 0 Å². The van der Waals surface area contributed by atoms with Gasteiger partial charge in [-0.25, -0.2) is 8.78 Å². The molecular weight excluding hydrogens is 406 g/mol. The fraction of sp³-hybridized carbons (Fsp3) is 0.130. The van der Waals surface area contributed by atoms with Gasteiger partial charge in [-0.05, 0) is 85.3 Å². The summed E-state index contributed by atoms with van der Waals surface area (Å²) in [5.41, 5.74) is 4.11. The molecule has 0 spiro atoms. The van der Waals surface area contributed by atoms with E-state index in [2.05, 4.69) is 0 Å². The maximum Gasteiger partial charge on any atom is 0.293 e. The second kappa shape index (κ2) is 7.91. The van der Waals surface area contributed by atoms with Crippen LogP contribution in [0.2, 0.25) is 0 Å². The number of thioether (sulfide) groups is 1. The van der Waals surface area contributed by atoms with Crippen LogP contribution < -0.4 is 0 Å². The Balaban J connectivity index is 1.61. The van der Waals surface area contributed by atoms with E-state index in [9.17, 15) is 18.4 Å². The molecule has 2 aromatic carbocycles. The van der Waals surface area contributed by atoms with Gasteiger partial charge in [0.1, 0.15) is 11.6 Å². The summed E-state index contributed by atoms with van der Waals surface area (Å²) in [5.74, 6) is -1.05. The molecule has 0 aliphatic carbocycles. The fourth-order valence-corrected chi connectivity index (χ4v) is 4.30. The van der Waals surface area contributed by atoms with Gasteiger partial charge in [-0.2, -0.15) is 0 Å². The zero-order valence-corrected chi connectivity index (χ0v) is 17.2. The summed E-state index contributed by atoms with van der Waals surface area (Å²) < 4.78 is 28.3. The average molecular weight is 424 g/mol. The molecule has 1 aliphatic rings. The van der Waals surface area contributed by atoms with Gasteiger partial charge in [-0.15, -0.1) is 0 Å². The van der Waals surface area contributed by atoms with Crippen LogP contribution in [-0.2, 0) is 11.3 Å². The number of imide groups is 1. The molecule has 0 bridgehead atoms. The largest absolute Gasteiger partial charge is 0.318 e. The molecule has 4 nitrogen and oxygen atoms in total. The van der Waals surface area contributed by atoms with E-state index in [0.29, 0.717) is 10.5 Å². The molecule has 2 heterocycles. The summed E-state index contributed by atoms with van der Waals surface area (Å²) in [6.45, 7) is 3.93. The molecule has 0 radical (unpaired) electrons. The number of benzene rings is 2. The highest BCUT2D eigenvalue weighted by atomic mass is 32.2. The Bertz CT molecular complexity index is 1170. The van der Waals surface area contributed by atoms with E-state index in [1.54, 1.807) is 30.3 Å². The highest BCUT2D eigenvalue weighted by Crippen LogP contribution is 2.34. The van der Waals surface area contributed by atoms with Crippen LogP contribution in [0.3, 0.4) is 0 Å². The second-order valence-corrected chi connectivity index (χ2v) is 8.03. The first-order valence-corrected chi connectivity index (χ1v) is 10.1. The second-order valence-electron chi connectivity index (χ2n) is 7.03. The van der Waals surface area contributed by atoms with Crippen LogP contribution in [0, 0.1) is 25.5 Å². The Morgan fingerprint density at radius 2 is 1.53 bits per heavy atom. The lowest BCUT2D eigenvalue weighted by atomic mass is 10.2. The lowest BCUT2D eigenvalue weighted by Gasteiger charge is -2.12. The first-order valence-electron chi connectivity index (χ1n) is 9.28. The quantitative estimate of drug-likeness (QED) is 0.512. The molecule has 1 aromatic heterocycles. The highest BCUT2D eigenvalue weighted by molar-refractivity contribution is 8.18. The van der Waals surface area contributed by atoms with Crippen molar-refractivity contribution in [2.75, 3.05) is 0 Å². The average Bonchev–Trinajstić information content (AvgIpc) is 3.14. The topological polar surface area (TPSA) is 42.3 Å². The van der Waals surface area contributed by atoms with Gasteiger partial charge in [0.05, 0.1) is 11.4 Å². The molecule has 0 saturated carbocycles. The molecule has 1 saturated heterocycles. The number of carbonyl (C=O) groups excluding carboxylic acids is 2. The van der Waals surface area contributed by atoms with Crippen molar-refractivity contribution in [3.8, 4) is 5.69 Å². The number of halogens is 2. The third-order valence-corrected chi connectivity index (χ3v) is 5.88. The number of aromatic nitrogens is 1. The number of hydrogen-bond donors (Lipinski definition) is 0. The summed E-state index contributed by atoms with van der Waals surface area (Å²) in [6.07, 6.45) is 1.71. The van der Waals surface area contributed by atoms with Crippen molar-refractivity contribution in [1.29, 1.82) is 0 Å². The Morgan fingerprint density at radius 1 is 0.933 bits per heavy atom. The van der Waals surface area contributed by atoms with Crippen LogP contribution in [0.1, 0.15) is 22.5 Å². The standard InChI is InChI=1S/C23H18F2N2O2S/c1-14-11-17(15(2)27(14)20-9-7-19(25)8-10-20)12-21-22(28)26(23(29)30-21)13-16-3-5-18(24)6-4-16/h3-12H,13H2,1-2H3. The predicted octanol–water partition coefficient (Wildman–Crippen LogP) is 5.61. The van der Waals surface area contributed by atoms with E-state index >= 15 is 0 Å². The van der Waals surface area contributed by atoms with Gasteiger partial charge in [0.15, 0.2) is 0 Å². The van der Waals surface area contributed by atoms with E-state index in [1.165, 1.54) is 24.3 Å². The van der Waals surface area contributed by atoms with E-state index in [4.69, 9.17) is 0 Å². The summed E-state index contributed by atoms with van der Waals surface area (Å²) in [7, 11) is 0. The van der Waals surface area contributed by atoms with E-state index in [1.807, 2.05) is 24.5 Å². The lowest BCUT2D eigenvalue weighted by Crippen LogP contribution is -2.27. The minimum atomic E-state index is -0.374. The summed E-state index contributed by atoms with van der Waals surface area (Å²) in [5, 5.41) is -0.358. The minimum absolute atomic E-state index is 0.0941. The van der Waals surface area contributed by atoms with Gasteiger partial charge in [0.2, 0.25) is 0 Å². The number of rotatable bonds is 4. The zero-order valence-electron chi connectivity index (χ0n) is 16.4. The van der Waals surface area contributed by atoms with Crippen molar-refractivity contribution in [2.45, 2.75) is 20.4 Å². The van der Waals surface area contributed by atoms with Crippen LogP contribution >= 0.6 is 11.8 Å². The third kappa shape index (κ3) is 3.80. The van der Waals surface area contributed by atoms with Crippen LogP contribution in [-0.4, -0.2) is 20.6 Å². The molecule has 0 unspecified atom stereocenters. The number of nitrogens with zero attached hydrogens (tertiary/aromatic N) is 2. The zero-order chi connectivity index (χ0) is 21.4. The van der Waals surface area contributed by atoms with Crippen LogP contribution in [0.4, 0.5) is 13.6 Å².